The minimum absolute atomic E-state index is 0.00862. The number of aromatic amines is 1. The number of nitrogens with one attached hydrogen (secondary N) is 1. The second-order valence-electron chi connectivity index (χ2n) is 4.34. The highest BCUT2D eigenvalue weighted by molar-refractivity contribution is 6.45. The summed E-state index contributed by atoms with van der Waals surface area (Å²) in [7, 11) is 0. The summed E-state index contributed by atoms with van der Waals surface area (Å²) in [5, 5.41) is 11.8. The number of pyridine rings is 1. The van der Waals surface area contributed by atoms with Gasteiger partial charge in [-0.15, -0.1) is 0 Å². The molecule has 1 N–H and O–H groups in total. The average Bonchev–Trinajstić information content (AvgIpc) is 2.42. The second-order valence-corrected chi connectivity index (χ2v) is 5.56. The predicted molar refractivity (Wildman–Crippen MR) is 83.8 cm³/mol. The van der Waals surface area contributed by atoms with E-state index in [1.54, 1.807) is 6.07 Å². The number of non-ortho nitro benzene ring substituents is 1. The zero-order chi connectivity index (χ0) is 15.3. The molecule has 1 heterocycles. The number of hydrogen-bond acceptors (Lipinski definition) is 3. The van der Waals surface area contributed by atoms with Crippen LogP contribution in [0.2, 0.25) is 15.1 Å². The average molecular weight is 344 g/mol. The van der Waals surface area contributed by atoms with Gasteiger partial charge in [-0.1, -0.05) is 34.8 Å². The Hall–Kier alpha value is -1.82. The van der Waals surface area contributed by atoms with Gasteiger partial charge in [-0.25, -0.2) is 0 Å². The third-order valence-electron chi connectivity index (χ3n) is 3.11. The van der Waals surface area contributed by atoms with Crippen LogP contribution >= 0.6 is 34.8 Å². The van der Waals surface area contributed by atoms with E-state index in [9.17, 15) is 14.9 Å². The number of H-pyrrole nitrogens is 1. The Morgan fingerprint density at radius 1 is 1.14 bits per heavy atom. The van der Waals surface area contributed by atoms with Crippen LogP contribution in [0.1, 0.15) is 0 Å². The minimum atomic E-state index is -0.628. The summed E-state index contributed by atoms with van der Waals surface area (Å²) in [6.07, 6.45) is 0. The van der Waals surface area contributed by atoms with Crippen LogP contribution in [0.15, 0.2) is 29.1 Å². The maximum absolute atomic E-state index is 12.5. The molecule has 5 nitrogen and oxygen atoms in total. The number of hydrogen-bond donors (Lipinski definition) is 1. The van der Waals surface area contributed by atoms with E-state index in [1.165, 1.54) is 12.1 Å². The fraction of sp³-hybridized carbons (Fsp3) is 0. The van der Waals surface area contributed by atoms with Gasteiger partial charge in [-0.3, -0.25) is 14.9 Å². The molecule has 106 valence electrons. The molecular weight excluding hydrogens is 339 g/mol. The molecule has 3 aromatic rings. The van der Waals surface area contributed by atoms with E-state index in [4.69, 9.17) is 34.8 Å². The molecule has 0 spiro atoms. The van der Waals surface area contributed by atoms with Crippen LogP contribution in [0, 0.1) is 10.1 Å². The summed E-state index contributed by atoms with van der Waals surface area (Å²) in [4.78, 5) is 25.9. The maximum atomic E-state index is 12.5. The summed E-state index contributed by atoms with van der Waals surface area (Å²) in [6, 6.07) is 5.71. The largest absolute Gasteiger partial charge is 0.349 e. The molecule has 3 rings (SSSR count). The summed E-state index contributed by atoms with van der Waals surface area (Å²) >= 11 is 17.8. The van der Waals surface area contributed by atoms with Crippen molar-refractivity contribution in [2.24, 2.45) is 0 Å². The van der Waals surface area contributed by atoms with Gasteiger partial charge in [0, 0.05) is 16.5 Å². The lowest BCUT2D eigenvalue weighted by molar-refractivity contribution is -0.383. The summed E-state index contributed by atoms with van der Waals surface area (Å²) in [5.74, 6) is 0. The Labute approximate surface area is 132 Å². The van der Waals surface area contributed by atoms with Crippen LogP contribution in [0.4, 0.5) is 5.69 Å². The van der Waals surface area contributed by atoms with Crippen molar-refractivity contribution in [3.05, 3.63) is 59.7 Å². The molecule has 21 heavy (non-hydrogen) atoms. The van der Waals surface area contributed by atoms with Crippen LogP contribution in [0.5, 0.6) is 0 Å². The number of nitro benzene ring substituents is 1. The van der Waals surface area contributed by atoms with E-state index < -0.39 is 10.4 Å². The van der Waals surface area contributed by atoms with Crippen molar-refractivity contribution >= 4 is 62.3 Å². The van der Waals surface area contributed by atoms with E-state index in [0.717, 1.165) is 6.07 Å². The van der Waals surface area contributed by atoms with E-state index in [2.05, 4.69) is 4.98 Å². The quantitative estimate of drug-likeness (QED) is 0.400. The van der Waals surface area contributed by atoms with Gasteiger partial charge in [-0.2, -0.15) is 0 Å². The molecule has 0 atom stereocenters. The van der Waals surface area contributed by atoms with Crippen molar-refractivity contribution in [3.8, 4) is 0 Å². The van der Waals surface area contributed by atoms with Gasteiger partial charge in [0.05, 0.1) is 25.9 Å². The molecule has 2 aromatic carbocycles. The number of benzene rings is 2. The number of nitro groups is 1. The van der Waals surface area contributed by atoms with Gasteiger partial charge in [0.15, 0.2) is 5.43 Å². The van der Waals surface area contributed by atoms with Gasteiger partial charge in [0.2, 0.25) is 0 Å². The molecule has 8 heteroatoms. The summed E-state index contributed by atoms with van der Waals surface area (Å²) in [5.41, 5.74) is -0.347. The Balaban J connectivity index is 2.65. The molecule has 0 aliphatic rings. The van der Waals surface area contributed by atoms with E-state index in [1.807, 2.05) is 0 Å². The van der Waals surface area contributed by atoms with Gasteiger partial charge < -0.3 is 4.98 Å². The molecule has 0 radical (unpaired) electrons. The summed E-state index contributed by atoms with van der Waals surface area (Å²) in [6.45, 7) is 0. The summed E-state index contributed by atoms with van der Waals surface area (Å²) < 4.78 is 0. The van der Waals surface area contributed by atoms with Crippen molar-refractivity contribution < 1.29 is 4.92 Å². The first-order valence-electron chi connectivity index (χ1n) is 5.68. The second kappa shape index (κ2) is 4.87. The lowest BCUT2D eigenvalue weighted by Crippen LogP contribution is -2.06. The third-order valence-corrected chi connectivity index (χ3v) is 4.13. The number of aromatic nitrogens is 1. The fourth-order valence-electron chi connectivity index (χ4n) is 2.18. The Morgan fingerprint density at radius 3 is 2.52 bits per heavy atom. The first-order valence-corrected chi connectivity index (χ1v) is 6.81. The van der Waals surface area contributed by atoms with E-state index in [0.29, 0.717) is 15.9 Å². The van der Waals surface area contributed by atoms with Gasteiger partial charge >= 0.3 is 0 Å². The topological polar surface area (TPSA) is 76.0 Å². The van der Waals surface area contributed by atoms with E-state index >= 15 is 0 Å². The standard InChI is InChI=1S/C13H5Cl3N2O3/c14-5-1-2-6-8(3-5)17-12-9(18(20)21)4-7(15)11(16)10(12)13(6)19/h1-4H,(H,17,19). The van der Waals surface area contributed by atoms with Crippen LogP contribution in [-0.4, -0.2) is 9.91 Å². The molecule has 0 amide bonds. The van der Waals surface area contributed by atoms with Crippen LogP contribution in [-0.2, 0) is 0 Å². The highest BCUT2D eigenvalue weighted by Gasteiger charge is 2.21. The van der Waals surface area contributed by atoms with Crippen molar-refractivity contribution in [3.63, 3.8) is 0 Å². The van der Waals surface area contributed by atoms with Crippen LogP contribution < -0.4 is 5.43 Å². The van der Waals surface area contributed by atoms with Gasteiger partial charge in [0.25, 0.3) is 5.69 Å². The minimum Gasteiger partial charge on any atom is -0.349 e. The maximum Gasteiger partial charge on any atom is 0.295 e. The first kappa shape index (κ1) is 14.1. The molecular formula is C13H5Cl3N2O3. The lowest BCUT2D eigenvalue weighted by Gasteiger charge is -2.06. The van der Waals surface area contributed by atoms with Crippen molar-refractivity contribution in [2.45, 2.75) is 0 Å². The fourth-order valence-corrected chi connectivity index (χ4v) is 2.79. The first-order chi connectivity index (χ1) is 9.90. The normalized spacial score (nSPS) is 11.2. The Morgan fingerprint density at radius 2 is 1.86 bits per heavy atom. The van der Waals surface area contributed by atoms with Crippen molar-refractivity contribution in [2.75, 3.05) is 0 Å². The Kier molecular flexibility index (Phi) is 3.28. The molecule has 0 aliphatic carbocycles. The highest BCUT2D eigenvalue weighted by Crippen LogP contribution is 2.35. The Bertz CT molecular complexity index is 982. The van der Waals surface area contributed by atoms with Crippen LogP contribution in [0.3, 0.4) is 0 Å². The highest BCUT2D eigenvalue weighted by atomic mass is 35.5. The number of nitrogens with zero attached hydrogens (tertiary/aromatic N) is 1. The number of rotatable bonds is 1. The molecule has 0 saturated heterocycles. The van der Waals surface area contributed by atoms with Crippen molar-refractivity contribution in [1.82, 2.24) is 4.98 Å². The zero-order valence-corrected chi connectivity index (χ0v) is 12.4. The van der Waals surface area contributed by atoms with Gasteiger partial charge in [-0.05, 0) is 18.2 Å². The smallest absolute Gasteiger partial charge is 0.295 e. The molecule has 0 fully saturated rings. The molecule has 0 aliphatic heterocycles. The monoisotopic (exact) mass is 342 g/mol. The van der Waals surface area contributed by atoms with E-state index in [-0.39, 0.29) is 26.6 Å². The van der Waals surface area contributed by atoms with Crippen LogP contribution in [0.25, 0.3) is 21.8 Å². The lowest BCUT2D eigenvalue weighted by atomic mass is 10.1. The molecule has 1 aromatic heterocycles. The third kappa shape index (κ3) is 2.14. The predicted octanol–water partition coefficient (Wildman–Crippen LogP) is 4.55. The molecule has 0 unspecified atom stereocenters. The number of fused-ring (bicyclic) bond motifs is 2. The molecule has 0 bridgehead atoms. The SMILES string of the molecule is O=c1c2ccc(Cl)cc2[nH]c2c([N+](=O)[O-])cc(Cl)c(Cl)c12. The zero-order valence-electron chi connectivity index (χ0n) is 10.1. The number of halogens is 3. The van der Waals surface area contributed by atoms with Gasteiger partial charge in [0.1, 0.15) is 5.52 Å². The molecule has 0 saturated carbocycles. The van der Waals surface area contributed by atoms with Crippen molar-refractivity contribution in [1.29, 1.82) is 0 Å².